The van der Waals surface area contributed by atoms with Gasteiger partial charge in [0.2, 0.25) is 0 Å². The van der Waals surface area contributed by atoms with Gasteiger partial charge in [-0.25, -0.2) is 17.6 Å². The molecule has 328 valence electrons. The van der Waals surface area contributed by atoms with Gasteiger partial charge in [0.1, 0.15) is 49.6 Å². The number of carbonyl (C=O) groups excluding carboxylic acids is 1. The molecule has 0 saturated carbocycles. The Morgan fingerprint density at radius 1 is 0.951 bits per heavy atom. The third-order valence-corrected chi connectivity index (χ3v) is 20.0. The van der Waals surface area contributed by atoms with Crippen molar-refractivity contribution in [1.29, 1.82) is 0 Å². The van der Waals surface area contributed by atoms with E-state index in [1.54, 1.807) is 19.1 Å². The molecule has 14 heteroatoms. The van der Waals surface area contributed by atoms with Gasteiger partial charge in [-0.1, -0.05) is 53.5 Å². The van der Waals surface area contributed by atoms with Crippen LogP contribution in [0.2, 0.25) is 16.6 Å². The van der Waals surface area contributed by atoms with Crippen LogP contribution in [0, 0.1) is 34.3 Å². The van der Waals surface area contributed by atoms with Crippen molar-refractivity contribution in [3.05, 3.63) is 53.3 Å². The number of benzene rings is 3. The van der Waals surface area contributed by atoms with Crippen LogP contribution in [-0.4, -0.2) is 94.4 Å². The highest BCUT2D eigenvalue weighted by Gasteiger charge is 2.50. The largest absolute Gasteiger partial charge is 0.469 e. The van der Waals surface area contributed by atoms with Gasteiger partial charge in [0.15, 0.2) is 12.6 Å². The molecule has 4 heterocycles. The fraction of sp³-hybridized carbons (Fsp3) is 0.553. The van der Waals surface area contributed by atoms with Crippen LogP contribution < -0.4 is 14.4 Å². The van der Waals surface area contributed by atoms with Crippen LogP contribution in [0.5, 0.6) is 11.8 Å². The summed E-state index contributed by atoms with van der Waals surface area (Å²) in [4.78, 5) is 26.3. The molecule has 0 bridgehead atoms. The zero-order chi connectivity index (χ0) is 44.0. The molecule has 0 amide bonds. The van der Waals surface area contributed by atoms with Crippen LogP contribution >= 0.6 is 0 Å². The van der Waals surface area contributed by atoms with Crippen molar-refractivity contribution < 1.29 is 41.3 Å². The summed E-state index contributed by atoms with van der Waals surface area (Å²) in [6.07, 6.45) is 2.04. The van der Waals surface area contributed by atoms with E-state index in [0.717, 1.165) is 19.4 Å². The van der Waals surface area contributed by atoms with Crippen molar-refractivity contribution in [2.24, 2.45) is 5.41 Å². The van der Waals surface area contributed by atoms with Crippen molar-refractivity contribution in [2.45, 2.75) is 109 Å². The summed E-state index contributed by atoms with van der Waals surface area (Å²) in [7, 11) is 0.405. The Bertz CT molecular complexity index is 2360. The molecular formula is C47H58F4N4O5Si. The standard InChI is InChI=1S/C47H58F4N4O5Si/c1-28(2)61(29(3)4,30(5)6)19-14-34-37(49)13-12-31-20-33(60-27-57-8)21-35(39(31)34)40-38(50)22-36-42(41(40)51)52-45(59-26-47-16-11-18-55(47)24-32(48)23-47)53-43(36)54-17-10-15-46(7,25-54)44(56)58-9/h12-13,20-22,28-30,32H,10-11,15-18,23-27H2,1-9H3/t32-,46?,47+/m1/s1. The Labute approximate surface area is 357 Å². The average molecular weight is 863 g/mol. The van der Waals surface area contributed by atoms with Gasteiger partial charge in [0, 0.05) is 49.5 Å². The number of nitrogens with zero attached hydrogens (tertiary/aromatic N) is 4. The summed E-state index contributed by atoms with van der Waals surface area (Å²) < 4.78 is 88.5. The third kappa shape index (κ3) is 8.06. The van der Waals surface area contributed by atoms with Gasteiger partial charge < -0.3 is 23.8 Å². The number of hydrogen-bond donors (Lipinski definition) is 0. The lowest BCUT2D eigenvalue weighted by Gasteiger charge is -2.39. The topological polar surface area (TPSA) is 86.2 Å². The van der Waals surface area contributed by atoms with Crippen molar-refractivity contribution in [2.75, 3.05) is 58.7 Å². The minimum absolute atomic E-state index is 0.0227. The van der Waals surface area contributed by atoms with Gasteiger partial charge in [-0.15, -0.1) is 5.54 Å². The second-order valence-corrected chi connectivity index (χ2v) is 24.0. The number of rotatable bonds is 12. The van der Waals surface area contributed by atoms with Crippen LogP contribution in [-0.2, 0) is 14.3 Å². The molecule has 0 aliphatic carbocycles. The van der Waals surface area contributed by atoms with Gasteiger partial charge in [-0.3, -0.25) is 9.69 Å². The molecule has 3 aliphatic rings. The van der Waals surface area contributed by atoms with Crippen molar-refractivity contribution in [3.63, 3.8) is 0 Å². The number of alkyl halides is 1. The Hall–Kier alpha value is -4.45. The Kier molecular flexibility index (Phi) is 12.7. The van der Waals surface area contributed by atoms with Crippen molar-refractivity contribution in [1.82, 2.24) is 14.9 Å². The lowest BCUT2D eigenvalue weighted by atomic mass is 9.82. The van der Waals surface area contributed by atoms with Crippen molar-refractivity contribution >= 4 is 41.5 Å². The summed E-state index contributed by atoms with van der Waals surface area (Å²) in [5.74, 6) is 0.686. The second-order valence-electron chi connectivity index (χ2n) is 18.4. The number of carbonyl (C=O) groups is 1. The van der Waals surface area contributed by atoms with E-state index in [0.29, 0.717) is 37.7 Å². The van der Waals surface area contributed by atoms with E-state index in [9.17, 15) is 9.18 Å². The second kappa shape index (κ2) is 17.4. The highest BCUT2D eigenvalue weighted by molar-refractivity contribution is 6.90. The monoisotopic (exact) mass is 862 g/mol. The molecule has 61 heavy (non-hydrogen) atoms. The lowest BCUT2D eigenvalue weighted by molar-refractivity contribution is -0.152. The average Bonchev–Trinajstić information content (AvgIpc) is 3.74. The zero-order valence-electron chi connectivity index (χ0n) is 36.8. The molecule has 3 saturated heterocycles. The first-order chi connectivity index (χ1) is 29.0. The van der Waals surface area contributed by atoms with Gasteiger partial charge in [-0.2, -0.15) is 9.97 Å². The molecular weight excluding hydrogens is 805 g/mol. The quantitative estimate of drug-likeness (QED) is 0.0454. The molecule has 0 spiro atoms. The Morgan fingerprint density at radius 3 is 2.36 bits per heavy atom. The molecule has 1 aromatic heterocycles. The summed E-state index contributed by atoms with van der Waals surface area (Å²) in [5.41, 5.74) is 2.25. The molecule has 0 N–H and O–H groups in total. The van der Waals surface area contributed by atoms with E-state index in [2.05, 4.69) is 62.9 Å². The first kappa shape index (κ1) is 44.6. The number of halogens is 4. The number of methoxy groups -OCH3 is 2. The van der Waals surface area contributed by atoms with Gasteiger partial charge in [-0.05, 0) is 85.4 Å². The number of esters is 1. The van der Waals surface area contributed by atoms with Crippen LogP contribution in [0.1, 0.15) is 86.1 Å². The van der Waals surface area contributed by atoms with E-state index < -0.39 is 54.2 Å². The van der Waals surface area contributed by atoms with E-state index >= 15 is 13.2 Å². The molecule has 7 rings (SSSR count). The fourth-order valence-corrected chi connectivity index (χ4v) is 15.9. The smallest absolute Gasteiger partial charge is 0.319 e. The summed E-state index contributed by atoms with van der Waals surface area (Å²) in [6, 6.07) is 7.04. The van der Waals surface area contributed by atoms with Crippen LogP contribution in [0.25, 0.3) is 32.8 Å². The summed E-state index contributed by atoms with van der Waals surface area (Å²) >= 11 is 0. The minimum atomic E-state index is -2.39. The first-order valence-electron chi connectivity index (χ1n) is 21.4. The van der Waals surface area contributed by atoms with E-state index in [4.69, 9.17) is 23.9 Å². The van der Waals surface area contributed by atoms with E-state index in [1.807, 2.05) is 4.90 Å². The predicted molar refractivity (Wildman–Crippen MR) is 233 cm³/mol. The number of fused-ring (bicyclic) bond motifs is 3. The molecule has 3 atom stereocenters. The highest BCUT2D eigenvalue weighted by atomic mass is 28.3. The zero-order valence-corrected chi connectivity index (χ0v) is 37.8. The lowest BCUT2D eigenvalue weighted by Crippen LogP contribution is -2.47. The van der Waals surface area contributed by atoms with Gasteiger partial charge in [0.05, 0.1) is 29.2 Å². The fourth-order valence-electron chi connectivity index (χ4n) is 10.7. The van der Waals surface area contributed by atoms with E-state index in [-0.39, 0.29) is 81.6 Å². The predicted octanol–water partition coefficient (Wildman–Crippen LogP) is 10.2. The SMILES string of the molecule is COCOc1cc(-c2c(F)cc3c(N4CCCC(C)(C(=O)OC)C4)nc(OC[C@@]45CCCN4C[C@H](F)C5)nc3c2F)c2c(C#C[Si](C(C)C)(C(C)C)C(C)C)c(F)ccc2c1. The third-order valence-electron chi connectivity index (χ3n) is 13.7. The molecule has 3 fully saturated rings. The molecule has 4 aromatic rings. The molecule has 9 nitrogen and oxygen atoms in total. The number of piperidine rings is 1. The molecule has 0 radical (unpaired) electrons. The maximum absolute atomic E-state index is 17.8. The first-order valence-corrected chi connectivity index (χ1v) is 23.7. The number of aromatic nitrogens is 2. The normalized spacial score (nSPS) is 22.0. The summed E-state index contributed by atoms with van der Waals surface area (Å²) in [5, 5.41) is 0.756. The molecule has 3 aromatic carbocycles. The van der Waals surface area contributed by atoms with Crippen LogP contribution in [0.4, 0.5) is 23.4 Å². The Morgan fingerprint density at radius 2 is 1.67 bits per heavy atom. The Balaban J connectivity index is 1.47. The number of anilines is 1. The maximum Gasteiger partial charge on any atom is 0.319 e. The molecule has 1 unspecified atom stereocenters. The van der Waals surface area contributed by atoms with Crippen LogP contribution in [0.3, 0.4) is 0 Å². The van der Waals surface area contributed by atoms with Gasteiger partial charge >= 0.3 is 12.0 Å². The van der Waals surface area contributed by atoms with Crippen LogP contribution in [0.15, 0.2) is 30.3 Å². The molecule has 3 aliphatic heterocycles. The van der Waals surface area contributed by atoms with Gasteiger partial charge in [0.25, 0.3) is 0 Å². The number of hydrogen-bond acceptors (Lipinski definition) is 9. The summed E-state index contributed by atoms with van der Waals surface area (Å²) in [6.45, 7) is 16.3. The number of ether oxygens (including phenoxy) is 4. The minimum Gasteiger partial charge on any atom is -0.469 e. The van der Waals surface area contributed by atoms with E-state index in [1.165, 1.54) is 32.4 Å². The highest BCUT2D eigenvalue weighted by Crippen LogP contribution is 2.45. The maximum atomic E-state index is 17.8. The van der Waals surface area contributed by atoms with Crippen molar-refractivity contribution in [3.8, 4) is 34.4 Å².